The highest BCUT2D eigenvalue weighted by atomic mass is 32.1. The van der Waals surface area contributed by atoms with Gasteiger partial charge in [-0.25, -0.2) is 4.98 Å². The van der Waals surface area contributed by atoms with Crippen molar-refractivity contribution in [1.29, 1.82) is 0 Å². The predicted octanol–water partition coefficient (Wildman–Crippen LogP) is 3.29. The van der Waals surface area contributed by atoms with Gasteiger partial charge < -0.3 is 4.98 Å². The topological polar surface area (TPSA) is 45.8 Å². The number of hydrogen-bond acceptors (Lipinski definition) is 3. The van der Waals surface area contributed by atoms with Gasteiger partial charge in [0.25, 0.3) is 0 Å². The molecular formula is C14H8N2OS. The number of aromatic nitrogens is 2. The second-order valence-corrected chi connectivity index (χ2v) is 5.07. The lowest BCUT2D eigenvalue weighted by Crippen LogP contribution is -2.04. The Hall–Kier alpha value is -2.20. The first kappa shape index (κ1) is 9.79. The van der Waals surface area contributed by atoms with E-state index in [4.69, 9.17) is 0 Å². The maximum Gasteiger partial charge on any atom is 0.199 e. The van der Waals surface area contributed by atoms with Gasteiger partial charge in [0.1, 0.15) is 0 Å². The van der Waals surface area contributed by atoms with E-state index in [2.05, 4.69) is 9.97 Å². The molecule has 18 heavy (non-hydrogen) atoms. The molecule has 0 atom stereocenters. The molecule has 3 nitrogen and oxygen atoms in total. The summed E-state index contributed by atoms with van der Waals surface area (Å²) in [4.78, 5) is 20.2. The lowest BCUT2D eigenvalue weighted by molar-refractivity contribution is 1.47. The number of para-hydroxylation sites is 1. The van der Waals surface area contributed by atoms with Crippen molar-refractivity contribution >= 4 is 43.4 Å². The van der Waals surface area contributed by atoms with Crippen LogP contribution in [0, 0.1) is 0 Å². The van der Waals surface area contributed by atoms with E-state index in [0.717, 1.165) is 21.3 Å². The van der Waals surface area contributed by atoms with Gasteiger partial charge in [-0.15, -0.1) is 11.3 Å². The zero-order valence-corrected chi connectivity index (χ0v) is 10.1. The first-order valence-corrected chi connectivity index (χ1v) is 6.49. The highest BCUT2D eigenvalue weighted by molar-refractivity contribution is 7.16. The Morgan fingerprint density at radius 3 is 2.89 bits per heavy atom. The molecule has 0 radical (unpaired) electrons. The molecule has 0 fully saturated rings. The SMILES string of the molecule is O=c1c2ccccc2[nH]c2ccc3scnc3c12. The standard InChI is InChI=1S/C14H8N2OS/c17-14-8-3-1-2-4-9(8)16-10-5-6-11-13(12(10)14)15-7-18-11/h1-7H,(H,16,17). The molecule has 2 aromatic carbocycles. The van der Waals surface area contributed by atoms with Crippen LogP contribution < -0.4 is 5.43 Å². The summed E-state index contributed by atoms with van der Waals surface area (Å²) in [6, 6.07) is 11.5. The second kappa shape index (κ2) is 3.40. The van der Waals surface area contributed by atoms with Crippen LogP contribution in [0.4, 0.5) is 0 Å². The summed E-state index contributed by atoms with van der Waals surface area (Å²) in [5.74, 6) is 0. The van der Waals surface area contributed by atoms with Crippen molar-refractivity contribution in [3.8, 4) is 0 Å². The Labute approximate surface area is 106 Å². The maximum atomic E-state index is 12.5. The van der Waals surface area contributed by atoms with Crippen LogP contribution in [-0.2, 0) is 0 Å². The molecule has 0 unspecified atom stereocenters. The van der Waals surface area contributed by atoms with Crippen LogP contribution in [0.3, 0.4) is 0 Å². The van der Waals surface area contributed by atoms with E-state index in [1.165, 1.54) is 0 Å². The zero-order chi connectivity index (χ0) is 12.1. The number of H-pyrrole nitrogens is 1. The number of pyridine rings is 1. The largest absolute Gasteiger partial charge is 0.354 e. The average Bonchev–Trinajstić information content (AvgIpc) is 2.87. The summed E-state index contributed by atoms with van der Waals surface area (Å²) in [6.45, 7) is 0. The number of fused-ring (bicyclic) bond motifs is 4. The van der Waals surface area contributed by atoms with Crippen molar-refractivity contribution in [3.05, 3.63) is 52.1 Å². The highest BCUT2D eigenvalue weighted by Crippen LogP contribution is 2.25. The molecule has 0 spiro atoms. The number of benzene rings is 2. The molecule has 0 aliphatic rings. The number of nitrogens with zero attached hydrogens (tertiary/aromatic N) is 1. The quantitative estimate of drug-likeness (QED) is 0.488. The Bertz CT molecular complexity index is 952. The lowest BCUT2D eigenvalue weighted by Gasteiger charge is -2.02. The molecule has 2 aromatic heterocycles. The Morgan fingerprint density at radius 1 is 1.06 bits per heavy atom. The van der Waals surface area contributed by atoms with Crippen LogP contribution in [0.15, 0.2) is 46.7 Å². The first-order valence-electron chi connectivity index (χ1n) is 5.61. The monoisotopic (exact) mass is 252 g/mol. The predicted molar refractivity (Wildman–Crippen MR) is 75.3 cm³/mol. The van der Waals surface area contributed by atoms with Crippen LogP contribution in [0.2, 0.25) is 0 Å². The normalized spacial score (nSPS) is 11.6. The van der Waals surface area contributed by atoms with E-state index in [-0.39, 0.29) is 5.43 Å². The molecule has 0 saturated heterocycles. The van der Waals surface area contributed by atoms with Gasteiger partial charge in [0, 0.05) is 10.9 Å². The molecule has 0 saturated carbocycles. The Morgan fingerprint density at radius 2 is 1.94 bits per heavy atom. The van der Waals surface area contributed by atoms with Gasteiger partial charge in [-0.1, -0.05) is 12.1 Å². The van der Waals surface area contributed by atoms with E-state index in [1.54, 1.807) is 16.8 Å². The third-order valence-corrected chi connectivity index (χ3v) is 3.96. The fourth-order valence-electron chi connectivity index (χ4n) is 2.34. The van der Waals surface area contributed by atoms with Crippen molar-refractivity contribution in [2.24, 2.45) is 0 Å². The highest BCUT2D eigenvalue weighted by Gasteiger charge is 2.09. The third-order valence-electron chi connectivity index (χ3n) is 3.17. The van der Waals surface area contributed by atoms with Gasteiger partial charge in [0.15, 0.2) is 5.43 Å². The third kappa shape index (κ3) is 1.18. The summed E-state index contributed by atoms with van der Waals surface area (Å²) in [7, 11) is 0. The smallest absolute Gasteiger partial charge is 0.199 e. The zero-order valence-electron chi connectivity index (χ0n) is 9.31. The van der Waals surface area contributed by atoms with Crippen molar-refractivity contribution < 1.29 is 0 Å². The minimum absolute atomic E-state index is 0.0517. The van der Waals surface area contributed by atoms with E-state index in [9.17, 15) is 4.79 Å². The number of thiazole rings is 1. The van der Waals surface area contributed by atoms with Crippen LogP contribution in [0.5, 0.6) is 0 Å². The summed E-state index contributed by atoms with van der Waals surface area (Å²) < 4.78 is 1.04. The molecular weight excluding hydrogens is 244 g/mol. The van der Waals surface area contributed by atoms with Gasteiger partial charge in [0.2, 0.25) is 0 Å². The van der Waals surface area contributed by atoms with Crippen molar-refractivity contribution in [3.63, 3.8) is 0 Å². The summed E-state index contributed by atoms with van der Waals surface area (Å²) >= 11 is 1.55. The molecule has 4 heteroatoms. The van der Waals surface area contributed by atoms with Gasteiger partial charge in [-0.05, 0) is 24.3 Å². The molecule has 2 heterocycles. The molecule has 4 rings (SSSR count). The van der Waals surface area contributed by atoms with Gasteiger partial charge in [0.05, 0.1) is 26.6 Å². The minimum atomic E-state index is 0.0517. The Balaban J connectivity index is 2.40. The fourth-order valence-corrected chi connectivity index (χ4v) is 3.02. The minimum Gasteiger partial charge on any atom is -0.354 e. The summed E-state index contributed by atoms with van der Waals surface area (Å²) in [5.41, 5.74) is 4.33. The van der Waals surface area contributed by atoms with Crippen LogP contribution in [0.25, 0.3) is 32.0 Å². The first-order chi connectivity index (χ1) is 8.84. The van der Waals surface area contributed by atoms with Crippen molar-refractivity contribution in [2.45, 2.75) is 0 Å². The number of hydrogen-bond donors (Lipinski definition) is 1. The second-order valence-electron chi connectivity index (χ2n) is 4.19. The van der Waals surface area contributed by atoms with E-state index in [0.29, 0.717) is 10.8 Å². The summed E-state index contributed by atoms with van der Waals surface area (Å²) in [5, 5.41) is 1.40. The van der Waals surface area contributed by atoms with Crippen molar-refractivity contribution in [2.75, 3.05) is 0 Å². The van der Waals surface area contributed by atoms with Gasteiger partial charge in [-0.2, -0.15) is 0 Å². The number of nitrogens with one attached hydrogen (secondary N) is 1. The lowest BCUT2D eigenvalue weighted by atomic mass is 10.1. The molecule has 4 aromatic rings. The van der Waals surface area contributed by atoms with Crippen molar-refractivity contribution in [1.82, 2.24) is 9.97 Å². The molecule has 0 aliphatic carbocycles. The van der Waals surface area contributed by atoms with E-state index < -0.39 is 0 Å². The number of aromatic amines is 1. The van der Waals surface area contributed by atoms with E-state index in [1.807, 2.05) is 36.4 Å². The van der Waals surface area contributed by atoms with Crippen LogP contribution in [-0.4, -0.2) is 9.97 Å². The van der Waals surface area contributed by atoms with Crippen LogP contribution >= 0.6 is 11.3 Å². The Kier molecular flexibility index (Phi) is 1.85. The van der Waals surface area contributed by atoms with E-state index >= 15 is 0 Å². The van der Waals surface area contributed by atoms with Crippen LogP contribution in [0.1, 0.15) is 0 Å². The molecule has 0 bridgehead atoms. The maximum absolute atomic E-state index is 12.5. The van der Waals surface area contributed by atoms with Gasteiger partial charge in [-0.3, -0.25) is 4.79 Å². The molecule has 0 aliphatic heterocycles. The summed E-state index contributed by atoms with van der Waals surface area (Å²) in [6.07, 6.45) is 0. The number of rotatable bonds is 0. The fraction of sp³-hybridized carbons (Fsp3) is 0. The average molecular weight is 252 g/mol. The van der Waals surface area contributed by atoms with Gasteiger partial charge >= 0.3 is 0 Å². The molecule has 0 amide bonds. The molecule has 86 valence electrons. The molecule has 1 N–H and O–H groups in total.